The van der Waals surface area contributed by atoms with Crippen LogP contribution in [0.3, 0.4) is 0 Å². The monoisotopic (exact) mass is 334 g/mol. The summed E-state index contributed by atoms with van der Waals surface area (Å²) in [5.74, 6) is 0.437. The summed E-state index contributed by atoms with van der Waals surface area (Å²) in [5, 5.41) is 12.8. The minimum Gasteiger partial charge on any atom is -0.508 e. The van der Waals surface area contributed by atoms with Crippen LogP contribution in [0.4, 0.5) is 4.79 Å². The van der Waals surface area contributed by atoms with Crippen LogP contribution < -0.4 is 5.32 Å². The Bertz CT molecular complexity index is 533. The summed E-state index contributed by atoms with van der Waals surface area (Å²) in [7, 11) is 0. The summed E-state index contributed by atoms with van der Waals surface area (Å²) in [6, 6.07) is 6.36. The van der Waals surface area contributed by atoms with Crippen molar-refractivity contribution in [3.8, 4) is 5.75 Å². The SMILES string of the molecule is CCCN(CCCNC(=O)OCC)C1CCc2c(O)cccc2C1. The molecule has 0 aromatic heterocycles. The van der Waals surface area contributed by atoms with E-state index in [-0.39, 0.29) is 6.09 Å². The Balaban J connectivity index is 1.85. The Morgan fingerprint density at radius 2 is 2.21 bits per heavy atom. The second-order valence-electron chi connectivity index (χ2n) is 6.35. The highest BCUT2D eigenvalue weighted by Gasteiger charge is 2.25. The van der Waals surface area contributed by atoms with Crippen molar-refractivity contribution in [2.45, 2.75) is 52.0 Å². The van der Waals surface area contributed by atoms with E-state index < -0.39 is 0 Å². The number of hydrogen-bond donors (Lipinski definition) is 2. The van der Waals surface area contributed by atoms with Crippen LogP contribution in [0.1, 0.15) is 44.2 Å². The lowest BCUT2D eigenvalue weighted by Crippen LogP contribution is -2.41. The third-order valence-electron chi connectivity index (χ3n) is 4.63. The van der Waals surface area contributed by atoms with E-state index in [1.807, 2.05) is 6.07 Å². The molecule has 24 heavy (non-hydrogen) atoms. The zero-order valence-electron chi connectivity index (χ0n) is 14.9. The van der Waals surface area contributed by atoms with Crippen molar-refractivity contribution in [2.24, 2.45) is 0 Å². The minimum atomic E-state index is -0.332. The van der Waals surface area contributed by atoms with Gasteiger partial charge >= 0.3 is 6.09 Å². The number of rotatable bonds is 8. The average Bonchev–Trinajstić information content (AvgIpc) is 2.58. The van der Waals surface area contributed by atoms with Gasteiger partial charge in [0.15, 0.2) is 0 Å². The van der Waals surface area contributed by atoms with E-state index >= 15 is 0 Å². The van der Waals surface area contributed by atoms with Crippen molar-refractivity contribution >= 4 is 6.09 Å². The summed E-state index contributed by atoms with van der Waals surface area (Å²) in [4.78, 5) is 13.8. The fourth-order valence-corrected chi connectivity index (χ4v) is 3.50. The van der Waals surface area contributed by atoms with E-state index in [1.165, 1.54) is 5.56 Å². The molecule has 1 aromatic carbocycles. The van der Waals surface area contributed by atoms with Crippen LogP contribution in [0.15, 0.2) is 18.2 Å². The number of phenols is 1. The van der Waals surface area contributed by atoms with E-state index in [0.29, 0.717) is 24.9 Å². The maximum atomic E-state index is 11.3. The Hall–Kier alpha value is -1.75. The number of carbonyl (C=O) groups is 1. The standard InChI is InChI=1S/C19H30N2O3/c1-3-12-21(13-6-11-20-19(23)24-4-2)16-9-10-17-15(14-16)7-5-8-18(17)22/h5,7-8,16,22H,3-4,6,9-14H2,1-2H3,(H,20,23). The lowest BCUT2D eigenvalue weighted by molar-refractivity contribution is 0.149. The number of alkyl carbamates (subject to hydrolysis) is 1. The van der Waals surface area contributed by atoms with Crippen molar-refractivity contribution in [3.05, 3.63) is 29.3 Å². The fourth-order valence-electron chi connectivity index (χ4n) is 3.50. The molecule has 0 fully saturated rings. The molecule has 0 spiro atoms. The Kier molecular flexibility index (Phi) is 7.37. The summed E-state index contributed by atoms with van der Waals surface area (Å²) in [6.07, 6.45) is 4.72. The van der Waals surface area contributed by atoms with Crippen LogP contribution in [0, 0.1) is 0 Å². The predicted molar refractivity (Wildman–Crippen MR) is 95.4 cm³/mol. The fraction of sp³-hybridized carbons (Fsp3) is 0.632. The smallest absolute Gasteiger partial charge is 0.407 e. The van der Waals surface area contributed by atoms with Gasteiger partial charge in [-0.15, -0.1) is 0 Å². The Morgan fingerprint density at radius 3 is 2.96 bits per heavy atom. The molecular weight excluding hydrogens is 304 g/mol. The van der Waals surface area contributed by atoms with Crippen LogP contribution in [0.5, 0.6) is 5.75 Å². The summed E-state index contributed by atoms with van der Waals surface area (Å²) in [6.45, 7) is 7.09. The zero-order chi connectivity index (χ0) is 17.4. The van der Waals surface area contributed by atoms with Crippen LogP contribution >= 0.6 is 0 Å². The first-order chi connectivity index (χ1) is 11.7. The molecule has 1 amide bonds. The molecule has 5 heteroatoms. The van der Waals surface area contributed by atoms with E-state index in [4.69, 9.17) is 4.74 Å². The molecule has 1 atom stereocenters. The molecule has 134 valence electrons. The van der Waals surface area contributed by atoms with Gasteiger partial charge in [0.2, 0.25) is 0 Å². The lowest BCUT2D eigenvalue weighted by Gasteiger charge is -2.35. The number of aromatic hydroxyl groups is 1. The Labute approximate surface area is 145 Å². The van der Waals surface area contributed by atoms with E-state index in [0.717, 1.165) is 50.8 Å². The number of hydrogen-bond acceptors (Lipinski definition) is 4. The number of fused-ring (bicyclic) bond motifs is 1. The highest BCUT2D eigenvalue weighted by atomic mass is 16.5. The first kappa shape index (κ1) is 18.6. The van der Waals surface area contributed by atoms with Gasteiger partial charge in [-0.05, 0) is 62.8 Å². The molecule has 1 unspecified atom stereocenters. The number of nitrogens with one attached hydrogen (secondary N) is 1. The van der Waals surface area contributed by atoms with Gasteiger partial charge in [0.25, 0.3) is 0 Å². The number of benzene rings is 1. The number of carbonyl (C=O) groups excluding carboxylic acids is 1. The molecule has 0 heterocycles. The number of nitrogens with zero attached hydrogens (tertiary/aromatic N) is 1. The van der Waals surface area contributed by atoms with E-state index in [2.05, 4.69) is 23.2 Å². The largest absolute Gasteiger partial charge is 0.508 e. The first-order valence-corrected chi connectivity index (χ1v) is 9.10. The normalized spacial score (nSPS) is 16.7. The third kappa shape index (κ3) is 5.13. The van der Waals surface area contributed by atoms with Gasteiger partial charge < -0.3 is 15.2 Å². The number of amides is 1. The highest BCUT2D eigenvalue weighted by Crippen LogP contribution is 2.30. The molecule has 0 saturated carbocycles. The maximum Gasteiger partial charge on any atom is 0.407 e. The van der Waals surface area contributed by atoms with E-state index in [1.54, 1.807) is 13.0 Å². The van der Waals surface area contributed by atoms with Crippen molar-refractivity contribution in [3.63, 3.8) is 0 Å². The van der Waals surface area contributed by atoms with Gasteiger partial charge in [-0.2, -0.15) is 0 Å². The Morgan fingerprint density at radius 1 is 1.38 bits per heavy atom. The number of phenolic OH excluding ortho intramolecular Hbond substituents is 1. The second-order valence-corrected chi connectivity index (χ2v) is 6.35. The third-order valence-corrected chi connectivity index (χ3v) is 4.63. The molecule has 5 nitrogen and oxygen atoms in total. The summed E-state index contributed by atoms with van der Waals surface area (Å²) in [5.41, 5.74) is 2.39. The van der Waals surface area contributed by atoms with Gasteiger partial charge in [-0.3, -0.25) is 4.90 Å². The molecule has 0 saturated heterocycles. The molecule has 0 radical (unpaired) electrons. The molecule has 1 aliphatic rings. The predicted octanol–water partition coefficient (Wildman–Crippen LogP) is 3.10. The quantitative estimate of drug-likeness (QED) is 0.717. The topological polar surface area (TPSA) is 61.8 Å². The molecule has 1 aromatic rings. The van der Waals surface area contributed by atoms with Crippen LogP contribution in [-0.2, 0) is 17.6 Å². The average molecular weight is 334 g/mol. The molecular formula is C19H30N2O3. The van der Waals surface area contributed by atoms with Gasteiger partial charge in [0, 0.05) is 19.1 Å². The van der Waals surface area contributed by atoms with Crippen molar-refractivity contribution in [1.82, 2.24) is 10.2 Å². The minimum absolute atomic E-state index is 0.332. The van der Waals surface area contributed by atoms with Crippen LogP contribution in [0.2, 0.25) is 0 Å². The lowest BCUT2D eigenvalue weighted by atomic mass is 9.86. The molecule has 2 N–H and O–H groups in total. The number of ether oxygens (including phenoxy) is 1. The van der Waals surface area contributed by atoms with Crippen molar-refractivity contribution in [1.29, 1.82) is 0 Å². The summed E-state index contributed by atoms with van der Waals surface area (Å²) >= 11 is 0. The second kappa shape index (κ2) is 9.52. The van der Waals surface area contributed by atoms with E-state index in [9.17, 15) is 9.90 Å². The van der Waals surface area contributed by atoms with Gasteiger partial charge in [0.05, 0.1) is 6.61 Å². The van der Waals surface area contributed by atoms with Crippen LogP contribution in [0.25, 0.3) is 0 Å². The van der Waals surface area contributed by atoms with Crippen LogP contribution in [-0.4, -0.2) is 48.4 Å². The van der Waals surface area contributed by atoms with Crippen molar-refractivity contribution < 1.29 is 14.6 Å². The molecule has 2 rings (SSSR count). The molecule has 0 aliphatic heterocycles. The van der Waals surface area contributed by atoms with Crippen molar-refractivity contribution in [2.75, 3.05) is 26.2 Å². The zero-order valence-corrected chi connectivity index (χ0v) is 14.9. The maximum absolute atomic E-state index is 11.3. The highest BCUT2D eigenvalue weighted by molar-refractivity contribution is 5.66. The first-order valence-electron chi connectivity index (χ1n) is 9.10. The van der Waals surface area contributed by atoms with Gasteiger partial charge in [0.1, 0.15) is 5.75 Å². The van der Waals surface area contributed by atoms with Gasteiger partial charge in [-0.25, -0.2) is 4.79 Å². The molecule has 1 aliphatic carbocycles. The summed E-state index contributed by atoms with van der Waals surface area (Å²) < 4.78 is 4.88. The molecule has 0 bridgehead atoms. The van der Waals surface area contributed by atoms with Gasteiger partial charge in [-0.1, -0.05) is 19.1 Å².